The molecule has 2 N–H and O–H groups in total. The van der Waals surface area contributed by atoms with E-state index in [2.05, 4.69) is 12.2 Å². The predicted molar refractivity (Wildman–Crippen MR) is 77.7 cm³/mol. The summed E-state index contributed by atoms with van der Waals surface area (Å²) in [7, 11) is 0. The molecule has 0 amide bonds. The van der Waals surface area contributed by atoms with E-state index in [0.717, 1.165) is 11.8 Å². The number of fused-ring (bicyclic) bond motifs is 2. The quantitative estimate of drug-likeness (QED) is 0.872. The van der Waals surface area contributed by atoms with Crippen molar-refractivity contribution >= 4 is 0 Å². The van der Waals surface area contributed by atoms with Crippen LogP contribution >= 0.6 is 0 Å². The summed E-state index contributed by atoms with van der Waals surface area (Å²) in [5.74, 6) is 0.938. The summed E-state index contributed by atoms with van der Waals surface area (Å²) in [6.07, 6.45) is 4.11. The van der Waals surface area contributed by atoms with Gasteiger partial charge in [-0.05, 0) is 56.1 Å². The van der Waals surface area contributed by atoms with Crippen LogP contribution in [0.25, 0.3) is 0 Å². The second-order valence-corrected chi connectivity index (χ2v) is 6.69. The fraction of sp³-hybridized carbons (Fsp3) is 0.647. The molecule has 0 aliphatic heterocycles. The molecule has 2 nitrogen and oxygen atoms in total. The smallest absolute Gasteiger partial charge is 0.131 e. The van der Waals surface area contributed by atoms with E-state index < -0.39 is 17.7 Å². The van der Waals surface area contributed by atoms with Crippen molar-refractivity contribution in [3.8, 4) is 0 Å². The number of halogens is 2. The second kappa shape index (κ2) is 6.01. The molecule has 2 aliphatic rings. The minimum absolute atomic E-state index is 0.187. The third-order valence-electron chi connectivity index (χ3n) is 5.40. The van der Waals surface area contributed by atoms with E-state index in [1.807, 2.05) is 0 Å². The van der Waals surface area contributed by atoms with Crippen LogP contribution in [-0.4, -0.2) is 17.7 Å². The topological polar surface area (TPSA) is 32.3 Å². The molecule has 0 saturated heterocycles. The highest BCUT2D eigenvalue weighted by Crippen LogP contribution is 2.49. The van der Waals surface area contributed by atoms with Gasteiger partial charge in [0.05, 0.1) is 11.7 Å². The van der Waals surface area contributed by atoms with Crippen LogP contribution in [0.2, 0.25) is 0 Å². The molecule has 1 aromatic carbocycles. The average molecular weight is 295 g/mol. The van der Waals surface area contributed by atoms with Crippen molar-refractivity contribution in [1.82, 2.24) is 5.32 Å². The highest BCUT2D eigenvalue weighted by atomic mass is 19.1. The van der Waals surface area contributed by atoms with Crippen LogP contribution in [0.1, 0.15) is 44.3 Å². The molecule has 3 rings (SSSR count). The van der Waals surface area contributed by atoms with Gasteiger partial charge in [0.1, 0.15) is 11.6 Å². The van der Waals surface area contributed by atoms with Crippen LogP contribution < -0.4 is 5.32 Å². The summed E-state index contributed by atoms with van der Waals surface area (Å²) in [4.78, 5) is 0. The van der Waals surface area contributed by atoms with Crippen molar-refractivity contribution in [1.29, 1.82) is 0 Å². The van der Waals surface area contributed by atoms with E-state index in [0.29, 0.717) is 5.92 Å². The number of nitrogens with one attached hydrogen (secondary N) is 1. The molecular weight excluding hydrogens is 272 g/mol. The van der Waals surface area contributed by atoms with Crippen LogP contribution in [0.4, 0.5) is 8.78 Å². The molecule has 21 heavy (non-hydrogen) atoms. The monoisotopic (exact) mass is 295 g/mol. The van der Waals surface area contributed by atoms with Crippen molar-refractivity contribution in [3.05, 3.63) is 35.4 Å². The number of benzene rings is 1. The van der Waals surface area contributed by atoms with E-state index >= 15 is 0 Å². The highest BCUT2D eigenvalue weighted by molar-refractivity contribution is 5.22. The Labute approximate surface area is 124 Å². The molecule has 2 fully saturated rings. The highest BCUT2D eigenvalue weighted by Gasteiger charge is 2.41. The summed E-state index contributed by atoms with van der Waals surface area (Å²) in [5, 5.41) is 13.3. The Morgan fingerprint density at radius 1 is 1.24 bits per heavy atom. The van der Waals surface area contributed by atoms with Gasteiger partial charge >= 0.3 is 0 Å². The first-order chi connectivity index (χ1) is 10.1. The summed E-state index contributed by atoms with van der Waals surface area (Å²) >= 11 is 0. The van der Waals surface area contributed by atoms with Crippen molar-refractivity contribution in [2.45, 2.75) is 44.8 Å². The summed E-state index contributed by atoms with van der Waals surface area (Å²) in [6.45, 7) is 2.31. The lowest BCUT2D eigenvalue weighted by molar-refractivity contribution is 0.150. The van der Waals surface area contributed by atoms with Gasteiger partial charge in [-0.2, -0.15) is 0 Å². The van der Waals surface area contributed by atoms with Crippen LogP contribution in [0.15, 0.2) is 18.2 Å². The maximum absolute atomic E-state index is 13.6. The summed E-state index contributed by atoms with van der Waals surface area (Å²) < 4.78 is 27.2. The van der Waals surface area contributed by atoms with E-state index in [4.69, 9.17) is 0 Å². The van der Waals surface area contributed by atoms with Gasteiger partial charge < -0.3 is 10.4 Å². The molecule has 116 valence electrons. The molecular formula is C17H23F2NO. The number of rotatable bonds is 5. The Balaban J connectivity index is 1.57. The lowest BCUT2D eigenvalue weighted by Gasteiger charge is -2.29. The fourth-order valence-corrected chi connectivity index (χ4v) is 4.29. The number of aliphatic hydroxyl groups is 1. The van der Waals surface area contributed by atoms with Crippen molar-refractivity contribution in [2.24, 2.45) is 17.8 Å². The maximum atomic E-state index is 13.6. The van der Waals surface area contributed by atoms with Crippen LogP contribution in [-0.2, 0) is 0 Å². The van der Waals surface area contributed by atoms with E-state index in [1.165, 1.54) is 43.9 Å². The lowest BCUT2D eigenvalue weighted by atomic mass is 9.84. The molecule has 2 aliphatic carbocycles. The van der Waals surface area contributed by atoms with Crippen LogP contribution in [0, 0.1) is 29.4 Å². The third-order valence-corrected chi connectivity index (χ3v) is 5.40. The van der Waals surface area contributed by atoms with Crippen molar-refractivity contribution in [2.75, 3.05) is 6.54 Å². The molecule has 1 aromatic rings. The van der Waals surface area contributed by atoms with Gasteiger partial charge in [-0.25, -0.2) is 8.78 Å². The van der Waals surface area contributed by atoms with Crippen LogP contribution in [0.5, 0.6) is 0 Å². The second-order valence-electron chi connectivity index (χ2n) is 6.69. The Morgan fingerprint density at radius 3 is 2.52 bits per heavy atom. The summed E-state index contributed by atoms with van der Waals surface area (Å²) in [6, 6.07) is 3.96. The van der Waals surface area contributed by atoms with Gasteiger partial charge in [0.25, 0.3) is 0 Å². The Kier molecular flexibility index (Phi) is 4.27. The molecule has 5 atom stereocenters. The molecule has 0 radical (unpaired) electrons. The standard InChI is InChI=1S/C17H23F2NO/c1-10(13-8-11-5-6-12(13)7-11)20-9-16(21)17-14(18)3-2-4-15(17)19/h2-4,10-13,16,20-21H,5-9H2,1H3. The molecule has 2 bridgehead atoms. The zero-order valence-electron chi connectivity index (χ0n) is 12.4. The Bertz CT molecular complexity index is 487. The first kappa shape index (κ1) is 14.9. The molecule has 0 aromatic heterocycles. The van der Waals surface area contributed by atoms with E-state index in [-0.39, 0.29) is 18.2 Å². The van der Waals surface area contributed by atoms with Crippen molar-refractivity contribution in [3.63, 3.8) is 0 Å². The van der Waals surface area contributed by atoms with Gasteiger partial charge in [0.15, 0.2) is 0 Å². The zero-order valence-corrected chi connectivity index (χ0v) is 12.4. The fourth-order valence-electron chi connectivity index (χ4n) is 4.29. The first-order valence-corrected chi connectivity index (χ1v) is 7.91. The van der Waals surface area contributed by atoms with Gasteiger partial charge in [-0.3, -0.25) is 0 Å². The van der Waals surface area contributed by atoms with Crippen molar-refractivity contribution < 1.29 is 13.9 Å². The van der Waals surface area contributed by atoms with Gasteiger partial charge in [0, 0.05) is 12.6 Å². The van der Waals surface area contributed by atoms with Gasteiger partial charge in [-0.1, -0.05) is 12.5 Å². The van der Waals surface area contributed by atoms with Gasteiger partial charge in [0.2, 0.25) is 0 Å². The predicted octanol–water partition coefficient (Wildman–Crippen LogP) is 3.41. The number of aliphatic hydroxyl groups excluding tert-OH is 1. The molecule has 2 saturated carbocycles. The largest absolute Gasteiger partial charge is 0.387 e. The maximum Gasteiger partial charge on any atom is 0.131 e. The number of hydrogen-bond acceptors (Lipinski definition) is 2. The first-order valence-electron chi connectivity index (χ1n) is 7.91. The molecule has 0 heterocycles. The lowest BCUT2D eigenvalue weighted by Crippen LogP contribution is -2.38. The minimum atomic E-state index is -1.15. The average Bonchev–Trinajstić information content (AvgIpc) is 3.07. The molecule has 0 spiro atoms. The SMILES string of the molecule is CC(NCC(O)c1c(F)cccc1F)C1CC2CCC1C2. The third kappa shape index (κ3) is 2.97. The zero-order chi connectivity index (χ0) is 15.0. The van der Waals surface area contributed by atoms with Gasteiger partial charge in [-0.15, -0.1) is 0 Å². The molecule has 5 unspecified atom stereocenters. The number of hydrogen-bond donors (Lipinski definition) is 2. The van der Waals surface area contributed by atoms with Crippen LogP contribution in [0.3, 0.4) is 0 Å². The van der Waals surface area contributed by atoms with E-state index in [9.17, 15) is 13.9 Å². The molecule has 4 heteroatoms. The minimum Gasteiger partial charge on any atom is -0.387 e. The Hall–Kier alpha value is -1.00. The Morgan fingerprint density at radius 2 is 1.95 bits per heavy atom. The normalized spacial score (nSPS) is 30.6. The van der Waals surface area contributed by atoms with E-state index in [1.54, 1.807) is 0 Å². The summed E-state index contributed by atoms with van der Waals surface area (Å²) in [5.41, 5.74) is -0.231.